The van der Waals surface area contributed by atoms with Crippen molar-refractivity contribution in [2.75, 3.05) is 25.4 Å². The van der Waals surface area contributed by atoms with Crippen LogP contribution in [0.4, 0.5) is 0 Å². The molecule has 4 nitrogen and oxygen atoms in total. The summed E-state index contributed by atoms with van der Waals surface area (Å²) in [6, 6.07) is 21.8. The van der Waals surface area contributed by atoms with Gasteiger partial charge in [0.2, 0.25) is 10.0 Å². The minimum Gasteiger partial charge on any atom is -0.328 e. The first-order valence-corrected chi connectivity index (χ1v) is 11.6. The summed E-state index contributed by atoms with van der Waals surface area (Å²) in [4.78, 5) is 1.57. The summed E-state index contributed by atoms with van der Waals surface area (Å²) < 4.78 is 26.0. The first kappa shape index (κ1) is 20.1. The Morgan fingerprint density at radius 2 is 1.48 bits per heavy atom. The van der Waals surface area contributed by atoms with Crippen molar-refractivity contribution in [3.8, 4) is 0 Å². The Labute approximate surface area is 163 Å². The summed E-state index contributed by atoms with van der Waals surface area (Å²) in [7, 11) is -3.06. The third kappa shape index (κ3) is 5.64. The van der Waals surface area contributed by atoms with E-state index in [-0.39, 0.29) is 5.75 Å². The molecule has 1 aliphatic heterocycles. The van der Waals surface area contributed by atoms with Gasteiger partial charge in [-0.15, -0.1) is 0 Å². The molecular weight excluding hydrogens is 356 g/mol. The van der Waals surface area contributed by atoms with Gasteiger partial charge in [-0.25, -0.2) is 12.7 Å². The van der Waals surface area contributed by atoms with E-state index in [0.717, 1.165) is 32.4 Å². The standard InChI is InChI=1S/C22H30N2O2S/c1-2-27(25,26)24-17-14-22(15-18-24)23(19-21-11-7-4-8-12-21)16-13-20-9-5-3-6-10-20/h3-12,22H,2,13-19H2,1H3/p+1. The van der Waals surface area contributed by atoms with E-state index in [9.17, 15) is 8.42 Å². The van der Waals surface area contributed by atoms with Gasteiger partial charge in [0.1, 0.15) is 6.54 Å². The number of quaternary nitrogens is 1. The van der Waals surface area contributed by atoms with Gasteiger partial charge in [0, 0.05) is 37.9 Å². The number of nitrogens with zero attached hydrogens (tertiary/aromatic N) is 1. The maximum absolute atomic E-state index is 12.2. The van der Waals surface area contributed by atoms with Gasteiger partial charge in [-0.3, -0.25) is 0 Å². The molecule has 1 N–H and O–H groups in total. The summed E-state index contributed by atoms with van der Waals surface area (Å²) in [6.45, 7) is 5.12. The lowest BCUT2D eigenvalue weighted by Crippen LogP contribution is -3.15. The molecule has 146 valence electrons. The average molecular weight is 388 g/mol. The lowest BCUT2D eigenvalue weighted by atomic mass is 10.0. The van der Waals surface area contributed by atoms with Crippen LogP contribution in [0.25, 0.3) is 0 Å². The Morgan fingerprint density at radius 1 is 0.926 bits per heavy atom. The van der Waals surface area contributed by atoms with Crippen LogP contribution < -0.4 is 4.90 Å². The highest BCUT2D eigenvalue weighted by atomic mass is 32.2. The molecule has 1 unspecified atom stereocenters. The zero-order chi connectivity index (χ0) is 19.1. The van der Waals surface area contributed by atoms with E-state index in [1.807, 2.05) is 0 Å². The number of benzene rings is 2. The Hall–Kier alpha value is -1.69. The van der Waals surface area contributed by atoms with Gasteiger partial charge in [0.15, 0.2) is 0 Å². The molecule has 0 saturated carbocycles. The monoisotopic (exact) mass is 387 g/mol. The van der Waals surface area contributed by atoms with Crippen LogP contribution in [-0.2, 0) is 23.0 Å². The Bertz CT molecular complexity index is 786. The molecule has 0 spiro atoms. The second kappa shape index (κ2) is 9.49. The third-order valence-corrected chi connectivity index (χ3v) is 7.52. The molecule has 3 rings (SSSR count). The summed E-state index contributed by atoms with van der Waals surface area (Å²) >= 11 is 0. The topological polar surface area (TPSA) is 41.8 Å². The van der Waals surface area contributed by atoms with Gasteiger partial charge in [0.05, 0.1) is 18.3 Å². The second-order valence-electron chi connectivity index (χ2n) is 7.38. The Kier molecular flexibility index (Phi) is 7.05. The maximum Gasteiger partial charge on any atom is 0.213 e. The minimum absolute atomic E-state index is 0.201. The van der Waals surface area contributed by atoms with Crippen LogP contribution in [0.5, 0.6) is 0 Å². The van der Waals surface area contributed by atoms with Crippen LogP contribution in [0.2, 0.25) is 0 Å². The molecule has 1 aliphatic rings. The number of hydrogen-bond donors (Lipinski definition) is 1. The minimum atomic E-state index is -3.06. The number of hydrogen-bond acceptors (Lipinski definition) is 2. The average Bonchev–Trinajstić information content (AvgIpc) is 2.73. The van der Waals surface area contributed by atoms with Crippen molar-refractivity contribution in [1.82, 2.24) is 4.31 Å². The molecule has 0 aromatic heterocycles. The van der Waals surface area contributed by atoms with E-state index in [2.05, 4.69) is 60.7 Å². The zero-order valence-electron chi connectivity index (χ0n) is 16.2. The molecule has 0 aliphatic carbocycles. The van der Waals surface area contributed by atoms with Crippen LogP contribution >= 0.6 is 0 Å². The molecule has 1 saturated heterocycles. The highest BCUT2D eigenvalue weighted by Gasteiger charge is 2.31. The first-order chi connectivity index (χ1) is 13.1. The summed E-state index contributed by atoms with van der Waals surface area (Å²) in [6.07, 6.45) is 2.93. The highest BCUT2D eigenvalue weighted by molar-refractivity contribution is 7.89. The lowest BCUT2D eigenvalue weighted by molar-refractivity contribution is -0.940. The first-order valence-electron chi connectivity index (χ1n) is 9.98. The Morgan fingerprint density at radius 3 is 2.04 bits per heavy atom. The number of rotatable bonds is 8. The van der Waals surface area contributed by atoms with Crippen LogP contribution in [0.1, 0.15) is 30.9 Å². The fraction of sp³-hybridized carbons (Fsp3) is 0.455. The fourth-order valence-electron chi connectivity index (χ4n) is 3.97. The van der Waals surface area contributed by atoms with Crippen molar-refractivity contribution in [3.63, 3.8) is 0 Å². The zero-order valence-corrected chi connectivity index (χ0v) is 17.0. The van der Waals surface area contributed by atoms with E-state index in [1.54, 1.807) is 16.1 Å². The van der Waals surface area contributed by atoms with Crippen molar-refractivity contribution in [3.05, 3.63) is 71.8 Å². The van der Waals surface area contributed by atoms with Gasteiger partial charge in [-0.05, 0) is 12.5 Å². The van der Waals surface area contributed by atoms with Crippen LogP contribution in [0.3, 0.4) is 0 Å². The molecule has 2 aromatic rings. The number of sulfonamides is 1. The molecule has 2 aromatic carbocycles. The smallest absolute Gasteiger partial charge is 0.213 e. The molecule has 27 heavy (non-hydrogen) atoms. The SMILES string of the molecule is CCS(=O)(=O)N1CCC([NH+](CCc2ccccc2)Cc2ccccc2)CC1. The molecule has 1 atom stereocenters. The molecule has 0 amide bonds. The van der Waals surface area contributed by atoms with Gasteiger partial charge < -0.3 is 4.90 Å². The third-order valence-electron chi connectivity index (χ3n) is 5.64. The summed E-state index contributed by atoms with van der Waals surface area (Å²) in [5, 5.41) is 0. The predicted molar refractivity (Wildman–Crippen MR) is 110 cm³/mol. The quantitative estimate of drug-likeness (QED) is 0.754. The fourth-order valence-corrected chi connectivity index (χ4v) is 5.10. The summed E-state index contributed by atoms with van der Waals surface area (Å²) in [5.41, 5.74) is 2.72. The molecule has 0 bridgehead atoms. The van der Waals surface area contributed by atoms with Crippen molar-refractivity contribution in [2.24, 2.45) is 0 Å². The van der Waals surface area contributed by atoms with Crippen LogP contribution in [0, 0.1) is 0 Å². The normalized spacial score (nSPS) is 17.7. The van der Waals surface area contributed by atoms with Crippen LogP contribution in [0.15, 0.2) is 60.7 Å². The molecule has 1 fully saturated rings. The molecule has 1 heterocycles. The van der Waals surface area contributed by atoms with Gasteiger partial charge >= 0.3 is 0 Å². The van der Waals surface area contributed by atoms with Crippen molar-refractivity contribution >= 4 is 10.0 Å². The second-order valence-corrected chi connectivity index (χ2v) is 9.64. The molecule has 0 radical (unpaired) electrons. The van der Waals surface area contributed by atoms with Crippen LogP contribution in [-0.4, -0.2) is 44.2 Å². The van der Waals surface area contributed by atoms with E-state index in [4.69, 9.17) is 0 Å². The molecular formula is C22H31N2O2S+. The van der Waals surface area contributed by atoms with E-state index >= 15 is 0 Å². The van der Waals surface area contributed by atoms with Gasteiger partial charge in [-0.2, -0.15) is 0 Å². The predicted octanol–water partition coefficient (Wildman–Crippen LogP) is 2.13. The maximum atomic E-state index is 12.2. The van der Waals surface area contributed by atoms with Crippen molar-refractivity contribution in [1.29, 1.82) is 0 Å². The van der Waals surface area contributed by atoms with Crippen molar-refractivity contribution in [2.45, 2.75) is 38.8 Å². The van der Waals surface area contributed by atoms with Gasteiger partial charge in [0.25, 0.3) is 0 Å². The van der Waals surface area contributed by atoms with Crippen molar-refractivity contribution < 1.29 is 13.3 Å². The summed E-state index contributed by atoms with van der Waals surface area (Å²) in [5.74, 6) is 0.201. The molecule has 5 heteroatoms. The van der Waals surface area contributed by atoms with E-state index in [1.165, 1.54) is 11.1 Å². The number of piperidine rings is 1. The lowest BCUT2D eigenvalue weighted by Gasteiger charge is -2.35. The van der Waals surface area contributed by atoms with E-state index < -0.39 is 10.0 Å². The van der Waals surface area contributed by atoms with E-state index in [0.29, 0.717) is 19.1 Å². The van der Waals surface area contributed by atoms with Gasteiger partial charge in [-0.1, -0.05) is 60.7 Å². The highest BCUT2D eigenvalue weighted by Crippen LogP contribution is 2.13. The number of nitrogens with one attached hydrogen (secondary N) is 1. The Balaban J connectivity index is 1.66. The largest absolute Gasteiger partial charge is 0.328 e.